The lowest BCUT2D eigenvalue weighted by atomic mass is 10.2. The zero-order valence-corrected chi connectivity index (χ0v) is 11.3. The summed E-state index contributed by atoms with van der Waals surface area (Å²) in [4.78, 5) is 4.61. The van der Waals surface area contributed by atoms with Crippen LogP contribution in [0.3, 0.4) is 0 Å². The van der Waals surface area contributed by atoms with Crippen molar-refractivity contribution in [3.05, 3.63) is 23.8 Å². The molecule has 1 aromatic carbocycles. The summed E-state index contributed by atoms with van der Waals surface area (Å²) in [6.07, 6.45) is 3.33. The number of thioether (sulfide) groups is 1. The summed E-state index contributed by atoms with van der Waals surface area (Å²) >= 11 is 3.63. The van der Waals surface area contributed by atoms with E-state index in [9.17, 15) is 0 Å². The first kappa shape index (κ1) is 11.7. The summed E-state index contributed by atoms with van der Waals surface area (Å²) in [5.74, 6) is 1.21. The fourth-order valence-corrected chi connectivity index (χ4v) is 2.98. The van der Waals surface area contributed by atoms with Gasteiger partial charge < -0.3 is 5.32 Å². The van der Waals surface area contributed by atoms with Gasteiger partial charge in [-0.15, -0.1) is 0 Å². The van der Waals surface area contributed by atoms with Gasteiger partial charge in [-0.3, -0.25) is 0 Å². The van der Waals surface area contributed by atoms with Gasteiger partial charge in [-0.1, -0.05) is 23.5 Å². The van der Waals surface area contributed by atoms with E-state index in [4.69, 9.17) is 0 Å². The van der Waals surface area contributed by atoms with Crippen LogP contribution in [-0.2, 0) is 0 Å². The molecule has 16 heavy (non-hydrogen) atoms. The number of nitrogens with zero attached hydrogens (tertiary/aromatic N) is 1. The van der Waals surface area contributed by atoms with E-state index in [1.165, 1.54) is 22.4 Å². The number of aromatic nitrogens is 1. The summed E-state index contributed by atoms with van der Waals surface area (Å²) in [5.41, 5.74) is 2.39. The van der Waals surface area contributed by atoms with Gasteiger partial charge in [0.05, 0.1) is 10.2 Å². The SMILES string of the molecule is CSCCCNc1nc2c(C)cccc2s1. The molecule has 0 atom stereocenters. The fraction of sp³-hybridized carbons (Fsp3) is 0.417. The van der Waals surface area contributed by atoms with E-state index in [2.05, 4.69) is 41.7 Å². The second-order valence-electron chi connectivity index (χ2n) is 3.71. The maximum absolute atomic E-state index is 4.61. The molecule has 0 aliphatic rings. The van der Waals surface area contributed by atoms with Gasteiger partial charge in [0.2, 0.25) is 0 Å². The van der Waals surface area contributed by atoms with Crippen LogP contribution >= 0.6 is 23.1 Å². The summed E-state index contributed by atoms with van der Waals surface area (Å²) in [5, 5.41) is 4.44. The molecular weight excluding hydrogens is 236 g/mol. The number of hydrogen-bond acceptors (Lipinski definition) is 4. The zero-order valence-electron chi connectivity index (χ0n) is 9.62. The van der Waals surface area contributed by atoms with E-state index in [-0.39, 0.29) is 0 Å². The number of hydrogen-bond donors (Lipinski definition) is 1. The minimum absolute atomic E-state index is 1.01. The Morgan fingerprint density at radius 3 is 3.06 bits per heavy atom. The maximum atomic E-state index is 4.61. The Labute approximate surface area is 104 Å². The van der Waals surface area contributed by atoms with Gasteiger partial charge >= 0.3 is 0 Å². The minimum Gasteiger partial charge on any atom is -0.361 e. The first-order valence-corrected chi connectivity index (χ1v) is 7.61. The number of anilines is 1. The number of nitrogens with one attached hydrogen (secondary N) is 1. The van der Waals surface area contributed by atoms with Gasteiger partial charge in [-0.25, -0.2) is 4.98 Å². The van der Waals surface area contributed by atoms with Gasteiger partial charge in [0.25, 0.3) is 0 Å². The number of thiazole rings is 1. The van der Waals surface area contributed by atoms with Crippen molar-refractivity contribution in [3.8, 4) is 0 Å². The molecule has 0 amide bonds. The average Bonchev–Trinajstić information content (AvgIpc) is 2.69. The molecule has 2 rings (SSSR count). The van der Waals surface area contributed by atoms with Crippen LogP contribution in [0.25, 0.3) is 10.2 Å². The van der Waals surface area contributed by atoms with Crippen molar-refractivity contribution in [2.45, 2.75) is 13.3 Å². The van der Waals surface area contributed by atoms with Crippen LogP contribution < -0.4 is 5.32 Å². The Morgan fingerprint density at radius 1 is 1.44 bits per heavy atom. The predicted octanol–water partition coefficient (Wildman–Crippen LogP) is 3.77. The molecule has 2 nitrogen and oxygen atoms in total. The highest BCUT2D eigenvalue weighted by molar-refractivity contribution is 7.98. The summed E-state index contributed by atoms with van der Waals surface area (Å²) in [7, 11) is 0. The molecule has 0 fully saturated rings. The maximum Gasteiger partial charge on any atom is 0.183 e. The van der Waals surface area contributed by atoms with Crippen LogP contribution in [0.1, 0.15) is 12.0 Å². The Balaban J connectivity index is 2.05. The van der Waals surface area contributed by atoms with Crippen molar-refractivity contribution in [2.24, 2.45) is 0 Å². The number of rotatable bonds is 5. The topological polar surface area (TPSA) is 24.9 Å². The molecule has 0 bridgehead atoms. The first-order valence-electron chi connectivity index (χ1n) is 5.40. The molecule has 1 heterocycles. The lowest BCUT2D eigenvalue weighted by Crippen LogP contribution is -2.01. The van der Waals surface area contributed by atoms with Gasteiger partial charge in [0.15, 0.2) is 5.13 Å². The van der Waals surface area contributed by atoms with Crippen molar-refractivity contribution < 1.29 is 0 Å². The van der Waals surface area contributed by atoms with E-state index in [0.29, 0.717) is 0 Å². The quantitative estimate of drug-likeness (QED) is 0.820. The highest BCUT2D eigenvalue weighted by Gasteiger charge is 2.04. The summed E-state index contributed by atoms with van der Waals surface area (Å²) < 4.78 is 1.27. The molecule has 0 aliphatic heterocycles. The minimum atomic E-state index is 1.01. The van der Waals surface area contributed by atoms with Crippen LogP contribution in [0.5, 0.6) is 0 Å². The molecule has 1 N–H and O–H groups in total. The monoisotopic (exact) mass is 252 g/mol. The molecule has 0 spiro atoms. The van der Waals surface area contributed by atoms with Crippen molar-refractivity contribution in [1.29, 1.82) is 0 Å². The van der Waals surface area contributed by atoms with E-state index in [1.54, 1.807) is 11.3 Å². The third kappa shape index (κ3) is 2.68. The van der Waals surface area contributed by atoms with Crippen LogP contribution in [0.4, 0.5) is 5.13 Å². The fourth-order valence-electron chi connectivity index (χ4n) is 1.57. The van der Waals surface area contributed by atoms with Gasteiger partial charge in [-0.2, -0.15) is 11.8 Å². The zero-order chi connectivity index (χ0) is 11.4. The molecule has 0 radical (unpaired) electrons. The molecule has 86 valence electrons. The number of fused-ring (bicyclic) bond motifs is 1. The molecule has 0 aliphatic carbocycles. The van der Waals surface area contributed by atoms with Crippen LogP contribution in [0.15, 0.2) is 18.2 Å². The third-order valence-electron chi connectivity index (χ3n) is 2.42. The summed E-state index contributed by atoms with van der Waals surface area (Å²) in [6.45, 7) is 3.12. The average molecular weight is 252 g/mol. The van der Waals surface area contributed by atoms with Gasteiger partial charge in [0.1, 0.15) is 0 Å². The van der Waals surface area contributed by atoms with Crippen molar-refractivity contribution in [1.82, 2.24) is 4.98 Å². The molecule has 0 saturated carbocycles. The number of aryl methyl sites for hydroxylation is 1. The lowest BCUT2D eigenvalue weighted by molar-refractivity contribution is 0.990. The molecule has 0 unspecified atom stereocenters. The smallest absolute Gasteiger partial charge is 0.183 e. The van der Waals surface area contributed by atoms with E-state index < -0.39 is 0 Å². The van der Waals surface area contributed by atoms with Crippen molar-refractivity contribution in [3.63, 3.8) is 0 Å². The molecule has 2 aromatic rings. The van der Waals surface area contributed by atoms with E-state index in [1.807, 2.05) is 11.8 Å². The Kier molecular flexibility index (Phi) is 4.07. The second-order valence-corrected chi connectivity index (χ2v) is 5.73. The van der Waals surface area contributed by atoms with Gasteiger partial charge in [0, 0.05) is 6.54 Å². The van der Waals surface area contributed by atoms with E-state index in [0.717, 1.165) is 17.2 Å². The Hall–Kier alpha value is -0.740. The first-order chi connectivity index (χ1) is 7.81. The molecule has 1 aromatic heterocycles. The standard InChI is InChI=1S/C12H16N2S2/c1-9-5-3-6-10-11(9)14-12(16-10)13-7-4-8-15-2/h3,5-6H,4,7-8H2,1-2H3,(H,13,14). The normalized spacial score (nSPS) is 10.9. The highest BCUT2D eigenvalue weighted by Crippen LogP contribution is 2.27. The second kappa shape index (κ2) is 5.55. The number of para-hydroxylation sites is 1. The summed E-state index contributed by atoms with van der Waals surface area (Å²) in [6, 6.07) is 6.33. The van der Waals surface area contributed by atoms with Crippen molar-refractivity contribution in [2.75, 3.05) is 23.9 Å². The Morgan fingerprint density at radius 2 is 2.31 bits per heavy atom. The predicted molar refractivity (Wildman–Crippen MR) is 75.8 cm³/mol. The number of benzene rings is 1. The van der Waals surface area contributed by atoms with Gasteiger partial charge in [-0.05, 0) is 37.0 Å². The molecule has 4 heteroatoms. The van der Waals surface area contributed by atoms with Crippen molar-refractivity contribution >= 4 is 38.4 Å². The third-order valence-corrected chi connectivity index (χ3v) is 4.10. The Bertz CT molecular complexity index is 465. The largest absolute Gasteiger partial charge is 0.361 e. The highest BCUT2D eigenvalue weighted by atomic mass is 32.2. The van der Waals surface area contributed by atoms with Crippen LogP contribution in [-0.4, -0.2) is 23.5 Å². The lowest BCUT2D eigenvalue weighted by Gasteiger charge is -1.99. The molecule has 0 saturated heterocycles. The van der Waals surface area contributed by atoms with Crippen LogP contribution in [0.2, 0.25) is 0 Å². The molecular formula is C12H16N2S2. The van der Waals surface area contributed by atoms with E-state index >= 15 is 0 Å². The van der Waals surface area contributed by atoms with Crippen LogP contribution in [0, 0.1) is 6.92 Å².